The van der Waals surface area contributed by atoms with E-state index in [0.29, 0.717) is 12.5 Å². The van der Waals surface area contributed by atoms with Crippen LogP contribution in [-0.2, 0) is 4.74 Å². The van der Waals surface area contributed by atoms with Crippen molar-refractivity contribution < 1.29 is 9.84 Å². The number of hydrogen-bond acceptors (Lipinski definition) is 3. The molecule has 1 unspecified atom stereocenters. The van der Waals surface area contributed by atoms with Crippen LogP contribution in [0.1, 0.15) is 53.4 Å². The highest BCUT2D eigenvalue weighted by atomic mass is 16.5. The Morgan fingerprint density at radius 1 is 1.29 bits per heavy atom. The summed E-state index contributed by atoms with van der Waals surface area (Å²) in [6.07, 6.45) is 4.08. The Morgan fingerprint density at radius 2 is 1.94 bits per heavy atom. The van der Waals surface area contributed by atoms with Crippen LogP contribution in [0.3, 0.4) is 0 Å². The highest BCUT2D eigenvalue weighted by molar-refractivity contribution is 4.70. The van der Waals surface area contributed by atoms with Crippen LogP contribution in [0, 0.1) is 5.92 Å². The monoisotopic (exact) mass is 245 g/mol. The molecule has 0 aromatic rings. The molecule has 2 N–H and O–H groups in total. The minimum absolute atomic E-state index is 0.0000925. The molecule has 2 atom stereocenters. The zero-order chi connectivity index (χ0) is 13.3. The van der Waals surface area contributed by atoms with Gasteiger partial charge in [-0.3, -0.25) is 0 Å². The molecule has 0 amide bonds. The van der Waals surface area contributed by atoms with Crippen molar-refractivity contribution in [1.82, 2.24) is 5.32 Å². The Hall–Kier alpha value is -0.120. The van der Waals surface area contributed by atoms with Crippen LogP contribution >= 0.6 is 0 Å². The molecule has 104 valence electrons. The quantitative estimate of drug-likeness (QED) is 0.581. The van der Waals surface area contributed by atoms with Crippen LogP contribution in [0.4, 0.5) is 0 Å². The third-order valence-electron chi connectivity index (χ3n) is 3.46. The molecule has 3 heteroatoms. The summed E-state index contributed by atoms with van der Waals surface area (Å²) in [5.74, 6) is 0.704. The van der Waals surface area contributed by atoms with Gasteiger partial charge in [0.05, 0.1) is 11.7 Å². The van der Waals surface area contributed by atoms with E-state index < -0.39 is 0 Å². The first kappa shape index (κ1) is 16.9. The Balaban J connectivity index is 3.50. The maximum absolute atomic E-state index is 9.39. The van der Waals surface area contributed by atoms with Crippen LogP contribution in [0.15, 0.2) is 0 Å². The molecule has 0 aliphatic heterocycles. The fraction of sp³-hybridized carbons (Fsp3) is 1.00. The SMILES string of the molecule is CCC(O)CNCC[C@H](C)CCC(C)(C)OC. The molecule has 17 heavy (non-hydrogen) atoms. The second-order valence-electron chi connectivity index (χ2n) is 5.66. The molecular formula is C14H31NO2. The fourth-order valence-electron chi connectivity index (χ4n) is 1.60. The van der Waals surface area contributed by atoms with E-state index in [1.807, 2.05) is 6.92 Å². The zero-order valence-corrected chi connectivity index (χ0v) is 12.3. The van der Waals surface area contributed by atoms with Gasteiger partial charge in [0.2, 0.25) is 0 Å². The zero-order valence-electron chi connectivity index (χ0n) is 12.3. The summed E-state index contributed by atoms with van der Waals surface area (Å²) in [5, 5.41) is 12.7. The second-order valence-corrected chi connectivity index (χ2v) is 5.66. The summed E-state index contributed by atoms with van der Waals surface area (Å²) < 4.78 is 5.41. The first-order valence-corrected chi connectivity index (χ1v) is 6.85. The molecule has 0 heterocycles. The average Bonchev–Trinajstić information content (AvgIpc) is 2.32. The van der Waals surface area contributed by atoms with Crippen molar-refractivity contribution in [2.24, 2.45) is 5.92 Å². The Labute approximate surface area is 107 Å². The predicted octanol–water partition coefficient (Wildman–Crippen LogP) is 2.58. The third kappa shape index (κ3) is 9.57. The molecule has 0 radical (unpaired) electrons. The van der Waals surface area contributed by atoms with Crippen LogP contribution in [0.25, 0.3) is 0 Å². The van der Waals surface area contributed by atoms with Gasteiger partial charge in [0, 0.05) is 13.7 Å². The molecular weight excluding hydrogens is 214 g/mol. The number of rotatable bonds is 10. The summed E-state index contributed by atoms with van der Waals surface area (Å²) in [5.41, 5.74) is 0.0000925. The molecule has 3 nitrogen and oxygen atoms in total. The van der Waals surface area contributed by atoms with Crippen LogP contribution in [0.2, 0.25) is 0 Å². The highest BCUT2D eigenvalue weighted by Gasteiger charge is 2.17. The minimum atomic E-state index is -0.197. The summed E-state index contributed by atoms with van der Waals surface area (Å²) in [7, 11) is 1.78. The molecule has 0 aromatic carbocycles. The molecule has 0 saturated carbocycles. The highest BCUT2D eigenvalue weighted by Crippen LogP contribution is 2.20. The maximum Gasteiger partial charge on any atom is 0.0662 e. The standard InChI is InChI=1S/C14H31NO2/c1-6-13(16)11-15-10-8-12(2)7-9-14(3,4)17-5/h12-13,15-16H,6-11H2,1-5H3/t12-,13?/m1/s1. The van der Waals surface area contributed by atoms with Crippen LogP contribution < -0.4 is 5.32 Å². The number of nitrogens with one attached hydrogen (secondary N) is 1. The summed E-state index contributed by atoms with van der Waals surface area (Å²) in [4.78, 5) is 0. The third-order valence-corrected chi connectivity index (χ3v) is 3.46. The lowest BCUT2D eigenvalue weighted by molar-refractivity contribution is 0.0106. The van der Waals surface area contributed by atoms with Gasteiger partial charge in [-0.25, -0.2) is 0 Å². The molecule has 0 fully saturated rings. The summed E-state index contributed by atoms with van der Waals surface area (Å²) >= 11 is 0. The maximum atomic E-state index is 9.39. The number of hydrogen-bond donors (Lipinski definition) is 2. The normalized spacial score (nSPS) is 15.9. The molecule has 0 aliphatic carbocycles. The Kier molecular flexibility index (Phi) is 8.83. The van der Waals surface area contributed by atoms with E-state index in [9.17, 15) is 5.11 Å². The molecule has 0 aromatic heterocycles. The lowest BCUT2D eigenvalue weighted by atomic mass is 9.94. The number of methoxy groups -OCH3 is 1. The number of aliphatic hydroxyl groups is 1. The molecule has 0 rings (SSSR count). The van der Waals surface area contributed by atoms with Crippen molar-refractivity contribution >= 4 is 0 Å². The van der Waals surface area contributed by atoms with E-state index in [4.69, 9.17) is 4.74 Å². The van der Waals surface area contributed by atoms with Gasteiger partial charge in [0.15, 0.2) is 0 Å². The topological polar surface area (TPSA) is 41.5 Å². The van der Waals surface area contributed by atoms with E-state index in [0.717, 1.165) is 25.8 Å². The van der Waals surface area contributed by atoms with E-state index in [-0.39, 0.29) is 11.7 Å². The Bertz CT molecular complexity index is 183. The van der Waals surface area contributed by atoms with E-state index >= 15 is 0 Å². The predicted molar refractivity (Wildman–Crippen MR) is 73.3 cm³/mol. The molecule has 0 saturated heterocycles. The minimum Gasteiger partial charge on any atom is -0.392 e. The smallest absolute Gasteiger partial charge is 0.0662 e. The average molecular weight is 245 g/mol. The Morgan fingerprint density at radius 3 is 2.47 bits per heavy atom. The van der Waals surface area contributed by atoms with Gasteiger partial charge in [0.1, 0.15) is 0 Å². The van der Waals surface area contributed by atoms with Crippen molar-refractivity contribution in [2.75, 3.05) is 20.2 Å². The molecule has 0 bridgehead atoms. The van der Waals surface area contributed by atoms with Crippen molar-refractivity contribution in [3.63, 3.8) is 0 Å². The first-order valence-electron chi connectivity index (χ1n) is 6.85. The van der Waals surface area contributed by atoms with Crippen molar-refractivity contribution in [2.45, 2.75) is 65.1 Å². The van der Waals surface area contributed by atoms with Gasteiger partial charge in [-0.1, -0.05) is 13.8 Å². The van der Waals surface area contributed by atoms with Crippen molar-refractivity contribution in [3.05, 3.63) is 0 Å². The lowest BCUT2D eigenvalue weighted by Crippen LogP contribution is -2.28. The van der Waals surface area contributed by atoms with Crippen molar-refractivity contribution in [1.29, 1.82) is 0 Å². The molecule has 0 aliphatic rings. The summed E-state index contributed by atoms with van der Waals surface area (Å²) in [6, 6.07) is 0. The largest absolute Gasteiger partial charge is 0.392 e. The van der Waals surface area contributed by atoms with E-state index in [2.05, 4.69) is 26.1 Å². The van der Waals surface area contributed by atoms with Gasteiger partial charge < -0.3 is 15.2 Å². The van der Waals surface area contributed by atoms with E-state index in [1.165, 1.54) is 6.42 Å². The van der Waals surface area contributed by atoms with Crippen molar-refractivity contribution in [3.8, 4) is 0 Å². The van der Waals surface area contributed by atoms with Gasteiger partial charge in [-0.05, 0) is 52.0 Å². The first-order chi connectivity index (χ1) is 7.91. The fourth-order valence-corrected chi connectivity index (χ4v) is 1.60. The van der Waals surface area contributed by atoms with Gasteiger partial charge >= 0.3 is 0 Å². The van der Waals surface area contributed by atoms with Crippen LogP contribution in [-0.4, -0.2) is 37.0 Å². The van der Waals surface area contributed by atoms with E-state index in [1.54, 1.807) is 7.11 Å². The van der Waals surface area contributed by atoms with Gasteiger partial charge in [-0.15, -0.1) is 0 Å². The van der Waals surface area contributed by atoms with Gasteiger partial charge in [-0.2, -0.15) is 0 Å². The number of aliphatic hydroxyl groups excluding tert-OH is 1. The van der Waals surface area contributed by atoms with Crippen LogP contribution in [0.5, 0.6) is 0 Å². The summed E-state index contributed by atoms with van der Waals surface area (Å²) in [6.45, 7) is 10.3. The lowest BCUT2D eigenvalue weighted by Gasteiger charge is -2.24. The van der Waals surface area contributed by atoms with Gasteiger partial charge in [0.25, 0.3) is 0 Å². The second kappa shape index (κ2) is 8.90. The molecule has 0 spiro atoms. The number of ether oxygens (including phenoxy) is 1.